The lowest BCUT2D eigenvalue weighted by molar-refractivity contribution is -0.118. The van der Waals surface area contributed by atoms with Crippen molar-refractivity contribution in [3.8, 4) is 0 Å². The molecule has 11 heteroatoms. The van der Waals surface area contributed by atoms with Crippen molar-refractivity contribution in [2.45, 2.75) is 44.8 Å². The third-order valence-corrected chi connectivity index (χ3v) is 8.52. The summed E-state index contributed by atoms with van der Waals surface area (Å²) < 4.78 is 7.54. The zero-order valence-corrected chi connectivity index (χ0v) is 30.0. The Kier molecular flexibility index (Phi) is 11.1. The molecule has 2 aromatic heterocycles. The van der Waals surface area contributed by atoms with E-state index in [-0.39, 0.29) is 19.0 Å². The highest BCUT2D eigenvalue weighted by Gasteiger charge is 2.38. The maximum atomic E-state index is 12.9. The predicted molar refractivity (Wildman–Crippen MR) is 206 cm³/mol. The fourth-order valence-corrected chi connectivity index (χ4v) is 6.25. The minimum Gasteiger partial charge on any atom is -0.444 e. The van der Waals surface area contributed by atoms with Crippen molar-refractivity contribution >= 4 is 34.8 Å². The molecule has 6 rings (SSSR count). The van der Waals surface area contributed by atoms with E-state index in [1.807, 2.05) is 85.2 Å². The van der Waals surface area contributed by atoms with Crippen LogP contribution in [-0.2, 0) is 21.5 Å². The molecule has 11 nitrogen and oxygen atoms in total. The summed E-state index contributed by atoms with van der Waals surface area (Å²) in [5, 5.41) is 8.62. The smallest absolute Gasteiger partial charge is 0.414 e. The first kappa shape index (κ1) is 36.3. The van der Waals surface area contributed by atoms with E-state index in [4.69, 9.17) is 9.72 Å². The van der Waals surface area contributed by atoms with Crippen LogP contribution in [0.15, 0.2) is 139 Å². The first-order valence-electron chi connectivity index (χ1n) is 17.5. The van der Waals surface area contributed by atoms with E-state index in [9.17, 15) is 14.4 Å². The van der Waals surface area contributed by atoms with Crippen molar-refractivity contribution in [1.82, 2.24) is 30.5 Å². The number of rotatable bonds is 11. The Morgan fingerprint density at radius 2 is 1.38 bits per heavy atom. The average molecular weight is 710 g/mol. The number of guanidine groups is 1. The van der Waals surface area contributed by atoms with Gasteiger partial charge in [-0.25, -0.2) is 9.78 Å². The van der Waals surface area contributed by atoms with E-state index in [0.717, 1.165) is 33.3 Å². The van der Waals surface area contributed by atoms with Crippen molar-refractivity contribution in [2.75, 3.05) is 13.1 Å². The summed E-state index contributed by atoms with van der Waals surface area (Å²) in [6.45, 7) is 5.14. The summed E-state index contributed by atoms with van der Waals surface area (Å²) in [6.07, 6.45) is 4.31. The number of carbonyl (C=O) groups is 3. The molecule has 0 saturated carbocycles. The average Bonchev–Trinajstić information content (AvgIpc) is 3.81. The standard InChI is InChI=1S/C42H43N7O4/c1-41(2,3)53-40(52)48-39(47-37(50)27-44-38(51)36-26-30-16-13-14-24-35(30)46-36)43-25-15-23-34-28-49(29-45-34)42(31-17-7-4-8-18-31,32-19-9-5-10-20-32)33-21-11-6-12-22-33/h4-14,16-22,24,26,28-29,46H,15,23,25,27H2,1-3H3,(H,44,51)(H2,43,47,48,50,52). The molecule has 3 amide bonds. The molecule has 4 N–H and O–H groups in total. The van der Waals surface area contributed by atoms with E-state index in [0.29, 0.717) is 18.5 Å². The largest absolute Gasteiger partial charge is 0.444 e. The maximum absolute atomic E-state index is 12.9. The van der Waals surface area contributed by atoms with E-state index >= 15 is 0 Å². The van der Waals surface area contributed by atoms with Crippen LogP contribution >= 0.6 is 0 Å². The van der Waals surface area contributed by atoms with Crippen LogP contribution in [0.1, 0.15) is 60.1 Å². The monoisotopic (exact) mass is 709 g/mol. The number of hydrogen-bond donors (Lipinski definition) is 4. The number of carbonyl (C=O) groups excluding carboxylic acids is 3. The zero-order chi connectivity index (χ0) is 37.3. The number of fused-ring (bicyclic) bond motifs is 1. The van der Waals surface area contributed by atoms with Gasteiger partial charge in [0.1, 0.15) is 16.8 Å². The number of aromatic amines is 1. The number of ether oxygens (including phenoxy) is 1. The quantitative estimate of drug-likeness (QED) is 0.0522. The molecule has 53 heavy (non-hydrogen) atoms. The number of nitrogens with one attached hydrogen (secondary N) is 4. The Bertz CT molecular complexity index is 2060. The Morgan fingerprint density at radius 1 is 0.792 bits per heavy atom. The van der Waals surface area contributed by atoms with Crippen LogP contribution in [0.25, 0.3) is 10.9 Å². The van der Waals surface area contributed by atoms with Crippen molar-refractivity contribution in [3.63, 3.8) is 0 Å². The van der Waals surface area contributed by atoms with E-state index in [2.05, 4.69) is 73.1 Å². The van der Waals surface area contributed by atoms with Gasteiger partial charge in [0.15, 0.2) is 0 Å². The third kappa shape index (κ3) is 8.88. The zero-order valence-electron chi connectivity index (χ0n) is 30.0. The van der Waals surface area contributed by atoms with Crippen LogP contribution in [0.3, 0.4) is 0 Å². The number of imidazole rings is 1. The molecule has 0 unspecified atom stereocenters. The second-order valence-electron chi connectivity index (χ2n) is 13.5. The molecular formula is C42H43N7O4. The van der Waals surface area contributed by atoms with Gasteiger partial charge in [0, 0.05) is 23.6 Å². The third-order valence-electron chi connectivity index (χ3n) is 8.52. The van der Waals surface area contributed by atoms with Gasteiger partial charge < -0.3 is 19.6 Å². The van der Waals surface area contributed by atoms with Crippen LogP contribution in [0.2, 0.25) is 0 Å². The van der Waals surface area contributed by atoms with Crippen LogP contribution in [0, 0.1) is 0 Å². The Balaban J connectivity index is 1.16. The number of H-pyrrole nitrogens is 1. The minimum atomic E-state index is -0.767. The lowest BCUT2D eigenvalue weighted by Gasteiger charge is -2.37. The normalized spacial score (nSPS) is 11.9. The minimum absolute atomic E-state index is 0.0779. The highest BCUT2D eigenvalue weighted by Crippen LogP contribution is 2.40. The van der Waals surface area contributed by atoms with Gasteiger partial charge in [0.2, 0.25) is 11.9 Å². The number of aliphatic imine (C=N–C) groups is 1. The molecule has 0 radical (unpaired) electrons. The van der Waals surface area contributed by atoms with E-state index < -0.39 is 29.0 Å². The summed E-state index contributed by atoms with van der Waals surface area (Å²) in [6, 6.07) is 40.3. The summed E-state index contributed by atoms with van der Waals surface area (Å²) >= 11 is 0. The summed E-state index contributed by atoms with van der Waals surface area (Å²) in [5.74, 6) is -1.09. The molecule has 0 saturated heterocycles. The van der Waals surface area contributed by atoms with Gasteiger partial charge in [-0.2, -0.15) is 0 Å². The van der Waals surface area contributed by atoms with Gasteiger partial charge in [-0.1, -0.05) is 109 Å². The molecule has 6 aromatic rings. The van der Waals surface area contributed by atoms with Crippen molar-refractivity contribution < 1.29 is 19.1 Å². The van der Waals surface area contributed by atoms with Crippen LogP contribution in [0.5, 0.6) is 0 Å². The van der Waals surface area contributed by atoms with Gasteiger partial charge in [-0.3, -0.25) is 25.2 Å². The van der Waals surface area contributed by atoms with Gasteiger partial charge in [-0.15, -0.1) is 0 Å². The summed E-state index contributed by atoms with van der Waals surface area (Å²) in [7, 11) is 0. The second-order valence-corrected chi connectivity index (χ2v) is 13.5. The highest BCUT2D eigenvalue weighted by molar-refractivity contribution is 6.05. The SMILES string of the molecule is CC(C)(C)OC(=O)NC(=NCCCc1cn(C(c2ccccc2)(c2ccccc2)c2ccccc2)cn1)NC(=O)CNC(=O)c1cc2ccccc2[nH]1. The van der Waals surface area contributed by atoms with Crippen LogP contribution in [-0.4, -0.2) is 57.1 Å². The molecule has 0 aliphatic rings. The number of amides is 3. The Hall–Kier alpha value is -6.49. The second kappa shape index (κ2) is 16.2. The number of para-hydroxylation sites is 1. The van der Waals surface area contributed by atoms with Crippen LogP contribution in [0.4, 0.5) is 4.79 Å². The number of alkyl carbamates (subject to hydrolysis) is 1. The Morgan fingerprint density at radius 3 is 1.96 bits per heavy atom. The fraction of sp³-hybridized carbons (Fsp3) is 0.214. The van der Waals surface area contributed by atoms with Crippen molar-refractivity contribution in [3.05, 3.63) is 162 Å². The van der Waals surface area contributed by atoms with Crippen molar-refractivity contribution in [2.24, 2.45) is 4.99 Å². The van der Waals surface area contributed by atoms with Crippen molar-refractivity contribution in [1.29, 1.82) is 0 Å². The summed E-state index contributed by atoms with van der Waals surface area (Å²) in [5.41, 5.74) is 3.85. The molecule has 0 bridgehead atoms. The molecule has 0 aliphatic heterocycles. The molecule has 2 heterocycles. The Labute approximate surface area is 308 Å². The number of benzene rings is 4. The van der Waals surface area contributed by atoms with Gasteiger partial charge >= 0.3 is 6.09 Å². The maximum Gasteiger partial charge on any atom is 0.414 e. The van der Waals surface area contributed by atoms with E-state index in [1.54, 1.807) is 26.8 Å². The van der Waals surface area contributed by atoms with Gasteiger partial charge in [0.25, 0.3) is 5.91 Å². The molecule has 0 aliphatic carbocycles. The van der Waals surface area contributed by atoms with Crippen LogP contribution < -0.4 is 16.0 Å². The lowest BCUT2D eigenvalue weighted by Crippen LogP contribution is -2.48. The molecule has 0 spiro atoms. The topological polar surface area (TPSA) is 142 Å². The predicted octanol–water partition coefficient (Wildman–Crippen LogP) is 6.56. The molecule has 0 atom stereocenters. The van der Waals surface area contributed by atoms with Gasteiger partial charge in [-0.05, 0) is 62.4 Å². The fourth-order valence-electron chi connectivity index (χ4n) is 6.25. The number of nitrogens with zero attached hydrogens (tertiary/aromatic N) is 3. The first-order valence-corrected chi connectivity index (χ1v) is 17.5. The molecule has 270 valence electrons. The lowest BCUT2D eigenvalue weighted by atomic mass is 9.77. The molecule has 4 aromatic carbocycles. The molecule has 0 fully saturated rings. The number of aromatic nitrogens is 3. The first-order chi connectivity index (χ1) is 25.6. The summed E-state index contributed by atoms with van der Waals surface area (Å²) in [4.78, 5) is 50.6. The molecular weight excluding hydrogens is 667 g/mol. The number of hydrogen-bond acceptors (Lipinski definition) is 6. The highest BCUT2D eigenvalue weighted by atomic mass is 16.6. The number of aryl methyl sites for hydroxylation is 1. The van der Waals surface area contributed by atoms with Gasteiger partial charge in [0.05, 0.1) is 18.6 Å². The van der Waals surface area contributed by atoms with E-state index in [1.165, 1.54) is 0 Å².